The number of rotatable bonds is 5. The molecule has 1 aromatic carbocycles. The van der Waals surface area contributed by atoms with E-state index in [0.29, 0.717) is 31.6 Å². The zero-order valence-corrected chi connectivity index (χ0v) is 19.3. The van der Waals surface area contributed by atoms with Gasteiger partial charge >= 0.3 is 0 Å². The largest absolute Gasteiger partial charge is 0.490 e. The summed E-state index contributed by atoms with van der Waals surface area (Å²) in [7, 11) is 2.07. The number of ether oxygens (including phenoxy) is 1. The summed E-state index contributed by atoms with van der Waals surface area (Å²) in [5, 5.41) is 6.63. The normalized spacial score (nSPS) is 22.4. The number of nitrogens with zero attached hydrogens (tertiary/aromatic N) is 4. The van der Waals surface area contributed by atoms with Crippen molar-refractivity contribution in [3.8, 4) is 5.75 Å². The van der Waals surface area contributed by atoms with Gasteiger partial charge < -0.3 is 19.4 Å². The smallest absolute Gasteiger partial charge is 0.271 e. The van der Waals surface area contributed by atoms with Gasteiger partial charge in [0.25, 0.3) is 5.91 Å². The SMILES string of the molecule is CN1CCN(C(=O)C[C@H]2CN(C(=O)c3ccn[nH]3)CC[C@@H]2Oc2cccc(Br)c2)CC1. The Morgan fingerprint density at radius 2 is 1.97 bits per heavy atom. The topological polar surface area (TPSA) is 81.8 Å². The molecule has 2 amide bonds. The highest BCUT2D eigenvalue weighted by molar-refractivity contribution is 9.10. The lowest BCUT2D eigenvalue weighted by Crippen LogP contribution is -2.51. The molecule has 0 spiro atoms. The van der Waals surface area contributed by atoms with Crippen LogP contribution < -0.4 is 4.74 Å². The maximum Gasteiger partial charge on any atom is 0.271 e. The Hall–Kier alpha value is -2.39. The van der Waals surface area contributed by atoms with E-state index in [4.69, 9.17) is 4.74 Å². The summed E-state index contributed by atoms with van der Waals surface area (Å²) in [5.74, 6) is 0.740. The number of nitrogens with one attached hydrogen (secondary N) is 1. The molecule has 0 radical (unpaired) electrons. The predicted molar refractivity (Wildman–Crippen MR) is 120 cm³/mol. The number of carbonyl (C=O) groups excluding carboxylic acids is 2. The van der Waals surface area contributed by atoms with E-state index in [-0.39, 0.29) is 23.8 Å². The number of hydrogen-bond acceptors (Lipinski definition) is 5. The fourth-order valence-electron chi connectivity index (χ4n) is 4.22. The molecule has 2 fully saturated rings. The van der Waals surface area contributed by atoms with Gasteiger partial charge in [-0.05, 0) is 31.3 Å². The van der Waals surface area contributed by atoms with Crippen molar-refractivity contribution in [3.05, 3.63) is 46.7 Å². The summed E-state index contributed by atoms with van der Waals surface area (Å²) < 4.78 is 7.25. The number of hydrogen-bond donors (Lipinski definition) is 1. The van der Waals surface area contributed by atoms with Gasteiger partial charge in [-0.15, -0.1) is 0 Å². The van der Waals surface area contributed by atoms with E-state index in [0.717, 1.165) is 36.4 Å². The van der Waals surface area contributed by atoms with Gasteiger partial charge in [0.1, 0.15) is 17.5 Å². The zero-order valence-electron chi connectivity index (χ0n) is 17.7. The van der Waals surface area contributed by atoms with Gasteiger partial charge in [0.15, 0.2) is 0 Å². The quantitative estimate of drug-likeness (QED) is 0.696. The number of amides is 2. The van der Waals surface area contributed by atoms with Crippen molar-refractivity contribution in [1.82, 2.24) is 24.9 Å². The number of piperidine rings is 1. The maximum atomic E-state index is 13.1. The van der Waals surface area contributed by atoms with Gasteiger partial charge in [-0.3, -0.25) is 14.7 Å². The number of H-pyrrole nitrogens is 1. The van der Waals surface area contributed by atoms with Crippen LogP contribution in [0.2, 0.25) is 0 Å². The lowest BCUT2D eigenvalue weighted by Gasteiger charge is -2.39. The number of aromatic nitrogens is 2. The number of likely N-dealkylation sites (tertiary alicyclic amines) is 1. The Kier molecular flexibility index (Phi) is 6.92. The van der Waals surface area contributed by atoms with Crippen molar-refractivity contribution in [3.63, 3.8) is 0 Å². The van der Waals surface area contributed by atoms with E-state index in [1.54, 1.807) is 17.2 Å². The molecule has 2 atom stereocenters. The summed E-state index contributed by atoms with van der Waals surface area (Å²) in [6.07, 6.45) is 2.49. The fourth-order valence-corrected chi connectivity index (χ4v) is 4.59. The number of carbonyl (C=O) groups is 2. The van der Waals surface area contributed by atoms with E-state index < -0.39 is 0 Å². The van der Waals surface area contributed by atoms with Gasteiger partial charge in [0, 0.05) is 68.7 Å². The average Bonchev–Trinajstić information content (AvgIpc) is 3.30. The average molecular weight is 490 g/mol. The number of aromatic amines is 1. The van der Waals surface area contributed by atoms with Crippen molar-refractivity contribution >= 4 is 27.7 Å². The number of likely N-dealkylation sites (N-methyl/N-ethyl adjacent to an activating group) is 1. The molecule has 0 unspecified atom stereocenters. The minimum Gasteiger partial charge on any atom is -0.490 e. The van der Waals surface area contributed by atoms with E-state index in [1.165, 1.54) is 0 Å². The Labute approximate surface area is 190 Å². The molecule has 1 N–H and O–H groups in total. The molecule has 166 valence electrons. The third-order valence-corrected chi connectivity index (χ3v) is 6.55. The van der Waals surface area contributed by atoms with Crippen LogP contribution in [0.5, 0.6) is 5.75 Å². The molecule has 1 aromatic heterocycles. The molecule has 2 aromatic rings. The van der Waals surface area contributed by atoms with Crippen molar-refractivity contribution in [1.29, 1.82) is 0 Å². The minimum atomic E-state index is -0.128. The maximum absolute atomic E-state index is 13.1. The summed E-state index contributed by atoms with van der Waals surface area (Å²) in [6.45, 7) is 4.33. The molecule has 9 heteroatoms. The molecule has 0 saturated carbocycles. The molecule has 8 nitrogen and oxygen atoms in total. The molecule has 4 rings (SSSR count). The van der Waals surface area contributed by atoms with Crippen LogP contribution in [0.3, 0.4) is 0 Å². The molecule has 0 bridgehead atoms. The second kappa shape index (κ2) is 9.82. The first-order valence-electron chi connectivity index (χ1n) is 10.7. The minimum absolute atomic E-state index is 0.0771. The van der Waals surface area contributed by atoms with E-state index in [1.807, 2.05) is 29.2 Å². The van der Waals surface area contributed by atoms with Gasteiger partial charge in [0.2, 0.25) is 5.91 Å². The first-order chi connectivity index (χ1) is 15.0. The molecular weight excluding hydrogens is 462 g/mol. The highest BCUT2D eigenvalue weighted by atomic mass is 79.9. The molecule has 31 heavy (non-hydrogen) atoms. The summed E-state index contributed by atoms with van der Waals surface area (Å²) in [4.78, 5) is 31.9. The summed E-state index contributed by atoms with van der Waals surface area (Å²) >= 11 is 3.48. The Morgan fingerprint density at radius 1 is 1.16 bits per heavy atom. The third-order valence-electron chi connectivity index (χ3n) is 6.06. The Morgan fingerprint density at radius 3 is 2.68 bits per heavy atom. The molecule has 3 heterocycles. The first-order valence-corrected chi connectivity index (χ1v) is 11.5. The van der Waals surface area contributed by atoms with Crippen molar-refractivity contribution in [2.45, 2.75) is 18.9 Å². The van der Waals surface area contributed by atoms with Crippen LogP contribution in [0.25, 0.3) is 0 Å². The van der Waals surface area contributed by atoms with Gasteiger partial charge in [-0.25, -0.2) is 0 Å². The zero-order chi connectivity index (χ0) is 21.8. The number of halogens is 1. The van der Waals surface area contributed by atoms with E-state index >= 15 is 0 Å². The van der Waals surface area contributed by atoms with E-state index in [2.05, 4.69) is 38.1 Å². The molecule has 2 aliphatic heterocycles. The highest BCUT2D eigenvalue weighted by Crippen LogP contribution is 2.28. The lowest BCUT2D eigenvalue weighted by atomic mass is 9.90. The Bertz CT molecular complexity index is 898. The van der Waals surface area contributed by atoms with Crippen molar-refractivity contribution < 1.29 is 14.3 Å². The van der Waals surface area contributed by atoms with E-state index in [9.17, 15) is 9.59 Å². The van der Waals surface area contributed by atoms with Crippen molar-refractivity contribution in [2.24, 2.45) is 5.92 Å². The standard InChI is InChI=1S/C22H28BrN5O3/c1-26-9-11-27(12-10-26)21(29)13-16-15-28(22(30)19-5-7-24-25-19)8-6-20(16)31-18-4-2-3-17(23)14-18/h2-5,7,14,16,20H,6,8-13,15H2,1H3,(H,24,25)/t16-,20-/m0/s1. The predicted octanol–water partition coefficient (Wildman–Crippen LogP) is 2.25. The molecule has 2 saturated heterocycles. The van der Waals surface area contributed by atoms with Crippen LogP contribution >= 0.6 is 15.9 Å². The fraction of sp³-hybridized carbons (Fsp3) is 0.500. The Balaban J connectivity index is 1.47. The lowest BCUT2D eigenvalue weighted by molar-refractivity contribution is -0.135. The second-order valence-electron chi connectivity index (χ2n) is 8.27. The summed E-state index contributed by atoms with van der Waals surface area (Å²) in [5.41, 5.74) is 0.468. The molecule has 2 aliphatic rings. The molecular formula is C22H28BrN5O3. The monoisotopic (exact) mass is 489 g/mol. The van der Waals surface area contributed by atoms with Gasteiger partial charge in [-0.2, -0.15) is 5.10 Å². The van der Waals surface area contributed by atoms with Crippen LogP contribution in [-0.2, 0) is 4.79 Å². The summed E-state index contributed by atoms with van der Waals surface area (Å²) in [6, 6.07) is 9.41. The van der Waals surface area contributed by atoms with Crippen LogP contribution in [-0.4, -0.2) is 89.1 Å². The van der Waals surface area contributed by atoms with Crippen LogP contribution in [0.4, 0.5) is 0 Å². The number of benzene rings is 1. The van der Waals surface area contributed by atoms with Gasteiger partial charge in [0.05, 0.1) is 0 Å². The molecule has 0 aliphatic carbocycles. The van der Waals surface area contributed by atoms with Crippen LogP contribution in [0.15, 0.2) is 41.0 Å². The van der Waals surface area contributed by atoms with Crippen LogP contribution in [0, 0.1) is 5.92 Å². The third kappa shape index (κ3) is 5.46. The van der Waals surface area contributed by atoms with Crippen molar-refractivity contribution in [2.75, 3.05) is 46.3 Å². The first kappa shape index (κ1) is 21.8. The highest BCUT2D eigenvalue weighted by Gasteiger charge is 2.36. The second-order valence-corrected chi connectivity index (χ2v) is 9.19. The number of piperazine rings is 1. The van der Waals surface area contributed by atoms with Crippen LogP contribution in [0.1, 0.15) is 23.3 Å². The van der Waals surface area contributed by atoms with Gasteiger partial charge in [-0.1, -0.05) is 22.0 Å².